The summed E-state index contributed by atoms with van der Waals surface area (Å²) < 4.78 is 1.73. The van der Waals surface area contributed by atoms with Crippen LogP contribution in [0.1, 0.15) is 35.5 Å². The van der Waals surface area contributed by atoms with Crippen LogP contribution in [-0.4, -0.2) is 20.7 Å². The molecule has 0 unspecified atom stereocenters. The largest absolute Gasteiger partial charge is 0.375 e. The topological polar surface area (TPSA) is 85.8 Å². The molecule has 3 N–H and O–H groups in total. The van der Waals surface area contributed by atoms with Gasteiger partial charge in [-0.05, 0) is 13.3 Å². The number of nitrogens with one attached hydrogen (secondary N) is 1. The normalized spacial score (nSPS) is 12.3. The second-order valence-electron chi connectivity index (χ2n) is 4.71. The monoisotopic (exact) mass is 293 g/mol. The van der Waals surface area contributed by atoms with Gasteiger partial charge >= 0.3 is 0 Å². The first kappa shape index (κ1) is 14.5. The molecular formula is C13H19N5OS. The molecule has 0 aliphatic heterocycles. The lowest BCUT2D eigenvalue weighted by Gasteiger charge is -2.15. The molecule has 20 heavy (non-hydrogen) atoms. The van der Waals surface area contributed by atoms with Gasteiger partial charge in [0.2, 0.25) is 5.91 Å². The maximum Gasteiger partial charge on any atom is 0.225 e. The van der Waals surface area contributed by atoms with E-state index >= 15 is 0 Å². The van der Waals surface area contributed by atoms with Gasteiger partial charge in [0.1, 0.15) is 0 Å². The van der Waals surface area contributed by atoms with Crippen molar-refractivity contribution in [1.29, 1.82) is 0 Å². The molecule has 0 aliphatic carbocycles. The SMILES string of the molecule is CC[C@H](NC(=O)Cc1sc(N)nc1C)c1cnn(C)c1. The van der Waals surface area contributed by atoms with Gasteiger partial charge in [-0.1, -0.05) is 6.92 Å². The van der Waals surface area contributed by atoms with Crippen molar-refractivity contribution in [2.24, 2.45) is 7.05 Å². The average Bonchev–Trinajstić information content (AvgIpc) is 2.93. The minimum atomic E-state index is -0.0209. The fourth-order valence-corrected chi connectivity index (χ4v) is 2.88. The minimum absolute atomic E-state index is 0.0122. The number of hydrogen-bond donors (Lipinski definition) is 2. The highest BCUT2D eigenvalue weighted by Gasteiger charge is 2.16. The van der Waals surface area contributed by atoms with Crippen LogP contribution >= 0.6 is 11.3 Å². The highest BCUT2D eigenvalue weighted by Crippen LogP contribution is 2.21. The zero-order valence-electron chi connectivity index (χ0n) is 11.9. The van der Waals surface area contributed by atoms with Crippen LogP contribution in [0.15, 0.2) is 12.4 Å². The third-order valence-corrected chi connectivity index (χ3v) is 4.09. The number of hydrogen-bond acceptors (Lipinski definition) is 5. The quantitative estimate of drug-likeness (QED) is 0.876. The maximum atomic E-state index is 12.1. The Kier molecular flexibility index (Phi) is 4.39. The summed E-state index contributed by atoms with van der Waals surface area (Å²) >= 11 is 1.37. The number of rotatable bonds is 5. The summed E-state index contributed by atoms with van der Waals surface area (Å²) in [7, 11) is 1.86. The second kappa shape index (κ2) is 6.04. The van der Waals surface area contributed by atoms with E-state index in [0.29, 0.717) is 11.6 Å². The maximum absolute atomic E-state index is 12.1. The van der Waals surface area contributed by atoms with E-state index in [1.54, 1.807) is 10.9 Å². The first-order valence-corrected chi connectivity index (χ1v) is 7.31. The van der Waals surface area contributed by atoms with Crippen molar-refractivity contribution in [3.05, 3.63) is 28.5 Å². The van der Waals surface area contributed by atoms with E-state index in [1.165, 1.54) is 11.3 Å². The second-order valence-corrected chi connectivity index (χ2v) is 5.83. The minimum Gasteiger partial charge on any atom is -0.375 e. The van der Waals surface area contributed by atoms with Crippen LogP contribution in [0.5, 0.6) is 0 Å². The molecular weight excluding hydrogens is 274 g/mol. The number of amides is 1. The van der Waals surface area contributed by atoms with E-state index in [0.717, 1.165) is 22.6 Å². The molecule has 0 saturated heterocycles. The average molecular weight is 293 g/mol. The van der Waals surface area contributed by atoms with Crippen LogP contribution in [0.25, 0.3) is 0 Å². The number of nitrogens with zero attached hydrogens (tertiary/aromatic N) is 3. The number of carbonyl (C=O) groups is 1. The molecule has 0 bridgehead atoms. The van der Waals surface area contributed by atoms with Gasteiger partial charge in [-0.25, -0.2) is 4.98 Å². The molecule has 2 rings (SSSR count). The van der Waals surface area contributed by atoms with Crippen molar-refractivity contribution in [1.82, 2.24) is 20.1 Å². The molecule has 1 amide bonds. The van der Waals surface area contributed by atoms with Crippen LogP contribution in [0.4, 0.5) is 5.13 Å². The van der Waals surface area contributed by atoms with Crippen LogP contribution in [0.2, 0.25) is 0 Å². The van der Waals surface area contributed by atoms with E-state index in [9.17, 15) is 4.79 Å². The van der Waals surface area contributed by atoms with E-state index in [4.69, 9.17) is 5.73 Å². The Hall–Kier alpha value is -1.89. The Morgan fingerprint density at radius 2 is 2.35 bits per heavy atom. The number of anilines is 1. The lowest BCUT2D eigenvalue weighted by molar-refractivity contribution is -0.121. The predicted molar refractivity (Wildman–Crippen MR) is 79.4 cm³/mol. The molecule has 0 spiro atoms. The van der Waals surface area contributed by atoms with Gasteiger partial charge in [-0.15, -0.1) is 11.3 Å². The zero-order valence-corrected chi connectivity index (χ0v) is 12.7. The van der Waals surface area contributed by atoms with Gasteiger partial charge in [0.05, 0.1) is 24.4 Å². The Morgan fingerprint density at radius 3 is 2.85 bits per heavy atom. The van der Waals surface area contributed by atoms with Crippen molar-refractivity contribution in [3.63, 3.8) is 0 Å². The van der Waals surface area contributed by atoms with Gasteiger partial charge in [-0.2, -0.15) is 5.10 Å². The van der Waals surface area contributed by atoms with E-state index in [1.807, 2.05) is 27.1 Å². The van der Waals surface area contributed by atoms with Gasteiger partial charge in [0.25, 0.3) is 0 Å². The molecule has 1 atom stereocenters. The van der Waals surface area contributed by atoms with Crippen molar-refractivity contribution in [3.8, 4) is 0 Å². The number of carbonyl (C=O) groups excluding carboxylic acids is 1. The molecule has 6 nitrogen and oxygen atoms in total. The summed E-state index contributed by atoms with van der Waals surface area (Å²) in [6.07, 6.45) is 4.84. The third kappa shape index (κ3) is 3.36. The van der Waals surface area contributed by atoms with Crippen LogP contribution in [-0.2, 0) is 18.3 Å². The lowest BCUT2D eigenvalue weighted by atomic mass is 10.1. The van der Waals surface area contributed by atoms with Gasteiger partial charge in [0, 0.05) is 23.7 Å². The van der Waals surface area contributed by atoms with Gasteiger partial charge < -0.3 is 11.1 Å². The van der Waals surface area contributed by atoms with Crippen LogP contribution < -0.4 is 11.1 Å². The molecule has 0 aromatic carbocycles. The molecule has 0 saturated carbocycles. The Balaban J connectivity index is 2.01. The molecule has 108 valence electrons. The smallest absolute Gasteiger partial charge is 0.225 e. The standard InChI is InChI=1S/C13H19N5OS/c1-4-10(9-6-15-18(3)7-9)17-12(19)5-11-8(2)16-13(14)20-11/h6-7,10H,4-5H2,1-3H3,(H2,14,16)(H,17,19)/t10-/m0/s1. The number of thiazole rings is 1. The van der Waals surface area contributed by atoms with Gasteiger partial charge in [-0.3, -0.25) is 9.48 Å². The molecule has 0 aliphatic rings. The van der Waals surface area contributed by atoms with Gasteiger partial charge in [0.15, 0.2) is 5.13 Å². The zero-order chi connectivity index (χ0) is 14.7. The summed E-state index contributed by atoms with van der Waals surface area (Å²) in [4.78, 5) is 17.2. The summed E-state index contributed by atoms with van der Waals surface area (Å²) in [5.41, 5.74) is 7.49. The molecule has 7 heteroatoms. The fraction of sp³-hybridized carbons (Fsp3) is 0.462. The highest BCUT2D eigenvalue weighted by molar-refractivity contribution is 7.15. The molecule has 0 fully saturated rings. The van der Waals surface area contributed by atoms with Crippen LogP contribution in [0.3, 0.4) is 0 Å². The molecule has 0 radical (unpaired) electrons. The lowest BCUT2D eigenvalue weighted by Crippen LogP contribution is -2.29. The highest BCUT2D eigenvalue weighted by atomic mass is 32.1. The number of aryl methyl sites for hydroxylation is 2. The van der Waals surface area contributed by atoms with E-state index < -0.39 is 0 Å². The Labute approximate surface area is 122 Å². The van der Waals surface area contributed by atoms with Crippen molar-refractivity contribution in [2.75, 3.05) is 5.73 Å². The number of nitrogen functional groups attached to an aromatic ring is 1. The third-order valence-electron chi connectivity index (χ3n) is 3.10. The molecule has 2 heterocycles. The summed E-state index contributed by atoms with van der Waals surface area (Å²) in [5, 5.41) is 7.67. The molecule has 2 aromatic heterocycles. The summed E-state index contributed by atoms with van der Waals surface area (Å²) in [6.45, 7) is 3.90. The first-order chi connectivity index (χ1) is 9.49. The van der Waals surface area contributed by atoms with Crippen molar-refractivity contribution >= 4 is 22.4 Å². The van der Waals surface area contributed by atoms with Crippen molar-refractivity contribution in [2.45, 2.75) is 32.7 Å². The Bertz CT molecular complexity index is 604. The van der Waals surface area contributed by atoms with Crippen LogP contribution in [0, 0.1) is 6.92 Å². The molecule has 2 aromatic rings. The predicted octanol–water partition coefficient (Wildman–Crippen LogP) is 1.58. The summed E-state index contributed by atoms with van der Waals surface area (Å²) in [6, 6.07) is -0.0122. The van der Waals surface area contributed by atoms with E-state index in [2.05, 4.69) is 15.4 Å². The number of nitrogens with two attached hydrogens (primary N) is 1. The van der Waals surface area contributed by atoms with E-state index in [-0.39, 0.29) is 11.9 Å². The fourth-order valence-electron chi connectivity index (χ4n) is 2.05. The summed E-state index contributed by atoms with van der Waals surface area (Å²) in [5.74, 6) is -0.0209. The van der Waals surface area contributed by atoms with Crippen molar-refractivity contribution < 1.29 is 4.79 Å². The first-order valence-electron chi connectivity index (χ1n) is 6.49. The Morgan fingerprint density at radius 1 is 1.60 bits per heavy atom. The number of aromatic nitrogens is 3.